The molecule has 0 spiro atoms. The predicted molar refractivity (Wildman–Crippen MR) is 251 cm³/mol. The van der Waals surface area contributed by atoms with Crippen LogP contribution in [0.5, 0.6) is 0 Å². The van der Waals surface area contributed by atoms with Gasteiger partial charge < -0.3 is 0 Å². The number of benzene rings is 7. The van der Waals surface area contributed by atoms with Crippen LogP contribution in [0.25, 0.3) is 83.5 Å². The van der Waals surface area contributed by atoms with E-state index in [2.05, 4.69) is 223 Å². The Kier molecular flexibility index (Phi) is 11.7. The second-order valence-electron chi connectivity index (χ2n) is 14.8. The highest BCUT2D eigenvalue weighted by Crippen LogP contribution is 2.42. The third-order valence-electron chi connectivity index (χ3n) is 10.8. The topological polar surface area (TPSA) is 0 Å². The fourth-order valence-corrected chi connectivity index (χ4v) is 7.61. The molecule has 0 aromatic heterocycles. The summed E-state index contributed by atoms with van der Waals surface area (Å²) in [5, 5.41) is 0. The fraction of sp³-hybridized carbons (Fsp3) is 0.0877. The highest BCUT2D eigenvalue weighted by Gasteiger charge is 2.16. The summed E-state index contributed by atoms with van der Waals surface area (Å²) in [5.74, 6) is 0. The first-order chi connectivity index (χ1) is 27.7. The van der Waals surface area contributed by atoms with Gasteiger partial charge in [0.1, 0.15) is 0 Å². The molecule has 0 N–H and O–H groups in total. The Hall–Kier alpha value is -6.76. The minimum absolute atomic E-state index is 0.930. The standard InChI is InChI=1S/C57H50/c1-8-16-40(5)35-42(7)45-27-33-48(34-28-45)54-19-12-15-22-57(54)51-37-49(55-20-13-10-17-52(55)46-29-23-43(24-30-46)39(3)4)36-50(38-51)56-21-14-11-18-53(56)47-31-25-44(26-32-47)41(6)9-2/h8,10-38H,3,6-7,9H2,1-2,4-5H3/b16-8-,40-35-. The molecular weight excluding hydrogens is 685 g/mol. The summed E-state index contributed by atoms with van der Waals surface area (Å²) in [6, 6.07) is 59.8. The molecule has 0 heteroatoms. The first kappa shape index (κ1) is 38.5. The summed E-state index contributed by atoms with van der Waals surface area (Å²) < 4.78 is 0. The van der Waals surface area contributed by atoms with Crippen molar-refractivity contribution >= 4 is 16.7 Å². The Morgan fingerprint density at radius 1 is 0.439 bits per heavy atom. The van der Waals surface area contributed by atoms with Crippen molar-refractivity contribution in [3.63, 3.8) is 0 Å². The Morgan fingerprint density at radius 2 is 0.772 bits per heavy atom. The normalized spacial score (nSPS) is 11.5. The van der Waals surface area contributed by atoms with Crippen molar-refractivity contribution in [2.24, 2.45) is 0 Å². The number of hydrogen-bond acceptors (Lipinski definition) is 0. The van der Waals surface area contributed by atoms with E-state index in [1.165, 1.54) is 55.6 Å². The Balaban J connectivity index is 1.40. The van der Waals surface area contributed by atoms with Gasteiger partial charge in [-0.1, -0.05) is 202 Å². The van der Waals surface area contributed by atoms with E-state index in [1.54, 1.807) is 0 Å². The van der Waals surface area contributed by atoms with E-state index in [4.69, 9.17) is 0 Å². The van der Waals surface area contributed by atoms with E-state index in [9.17, 15) is 0 Å². The predicted octanol–water partition coefficient (Wildman–Crippen LogP) is 16.7. The van der Waals surface area contributed by atoms with E-state index in [1.807, 2.05) is 6.92 Å². The molecule has 7 aromatic rings. The zero-order chi connectivity index (χ0) is 39.9. The van der Waals surface area contributed by atoms with Gasteiger partial charge in [-0.15, -0.1) is 0 Å². The number of hydrogen-bond donors (Lipinski definition) is 0. The van der Waals surface area contributed by atoms with Crippen LogP contribution in [0.15, 0.2) is 207 Å². The maximum atomic E-state index is 4.36. The van der Waals surface area contributed by atoms with Gasteiger partial charge in [-0.2, -0.15) is 0 Å². The molecule has 0 aliphatic rings. The monoisotopic (exact) mass is 734 g/mol. The lowest BCUT2D eigenvalue weighted by Gasteiger charge is -2.18. The molecule has 0 fully saturated rings. The van der Waals surface area contributed by atoms with Crippen LogP contribution in [0.4, 0.5) is 0 Å². The van der Waals surface area contributed by atoms with Gasteiger partial charge in [-0.25, -0.2) is 0 Å². The molecule has 0 saturated carbocycles. The molecule has 0 unspecified atom stereocenters. The summed E-state index contributed by atoms with van der Waals surface area (Å²) >= 11 is 0. The number of rotatable bonds is 12. The Bertz CT molecular complexity index is 2640. The first-order valence-electron chi connectivity index (χ1n) is 19.8. The van der Waals surface area contributed by atoms with Crippen LogP contribution in [-0.4, -0.2) is 0 Å². The molecular formula is C57H50. The molecule has 0 nitrogen and oxygen atoms in total. The van der Waals surface area contributed by atoms with Gasteiger partial charge in [0.15, 0.2) is 0 Å². The van der Waals surface area contributed by atoms with Crippen LogP contribution in [0.2, 0.25) is 0 Å². The molecule has 0 radical (unpaired) electrons. The lowest BCUT2D eigenvalue weighted by molar-refractivity contribution is 1.24. The smallest absolute Gasteiger partial charge is 0.0105 e. The number of allylic oxidation sites excluding steroid dienone is 7. The van der Waals surface area contributed by atoms with Gasteiger partial charge in [0.05, 0.1) is 0 Å². The van der Waals surface area contributed by atoms with Gasteiger partial charge in [0, 0.05) is 0 Å². The van der Waals surface area contributed by atoms with Crippen molar-refractivity contribution in [1.29, 1.82) is 0 Å². The van der Waals surface area contributed by atoms with Crippen LogP contribution in [0.3, 0.4) is 0 Å². The minimum atomic E-state index is 0.930. The van der Waals surface area contributed by atoms with Crippen molar-refractivity contribution < 1.29 is 0 Å². The summed E-state index contributed by atoms with van der Waals surface area (Å²) in [6.07, 6.45) is 7.23. The second kappa shape index (κ2) is 17.4. The zero-order valence-electron chi connectivity index (χ0n) is 33.6. The van der Waals surface area contributed by atoms with E-state index in [0.29, 0.717) is 0 Å². The summed E-state index contributed by atoms with van der Waals surface area (Å²) in [5.41, 5.74) is 22.0. The molecule has 0 aliphatic carbocycles. The largest absolute Gasteiger partial charge is 0.0955 e. The summed E-state index contributed by atoms with van der Waals surface area (Å²) in [7, 11) is 0. The van der Waals surface area contributed by atoms with Crippen LogP contribution in [0.1, 0.15) is 50.8 Å². The molecule has 57 heavy (non-hydrogen) atoms. The maximum absolute atomic E-state index is 4.36. The van der Waals surface area contributed by atoms with Crippen molar-refractivity contribution in [2.45, 2.75) is 34.1 Å². The van der Waals surface area contributed by atoms with Crippen LogP contribution in [0, 0.1) is 0 Å². The van der Waals surface area contributed by atoms with E-state index >= 15 is 0 Å². The van der Waals surface area contributed by atoms with Crippen molar-refractivity contribution in [1.82, 2.24) is 0 Å². The first-order valence-corrected chi connectivity index (χ1v) is 19.8. The van der Waals surface area contributed by atoms with Crippen LogP contribution in [-0.2, 0) is 0 Å². The zero-order valence-corrected chi connectivity index (χ0v) is 33.6. The minimum Gasteiger partial charge on any atom is -0.0955 e. The van der Waals surface area contributed by atoms with E-state index in [0.717, 1.165) is 56.5 Å². The van der Waals surface area contributed by atoms with Crippen LogP contribution < -0.4 is 0 Å². The molecule has 0 amide bonds. The third kappa shape index (κ3) is 8.57. The van der Waals surface area contributed by atoms with Gasteiger partial charge in [-0.05, 0) is 140 Å². The quantitative estimate of drug-likeness (QED) is 0.110. The van der Waals surface area contributed by atoms with E-state index in [-0.39, 0.29) is 0 Å². The molecule has 278 valence electrons. The second-order valence-corrected chi connectivity index (χ2v) is 14.8. The molecule has 0 saturated heterocycles. The van der Waals surface area contributed by atoms with E-state index < -0.39 is 0 Å². The average molecular weight is 735 g/mol. The Labute approximate surface area is 340 Å². The third-order valence-corrected chi connectivity index (χ3v) is 10.8. The Morgan fingerprint density at radius 3 is 1.11 bits per heavy atom. The van der Waals surface area contributed by atoms with Gasteiger partial charge in [0.2, 0.25) is 0 Å². The summed E-state index contributed by atoms with van der Waals surface area (Å²) in [4.78, 5) is 0. The highest BCUT2D eigenvalue weighted by atomic mass is 14.2. The molecule has 7 rings (SSSR count). The maximum Gasteiger partial charge on any atom is -0.0105 e. The molecule has 0 bridgehead atoms. The average Bonchev–Trinajstić information content (AvgIpc) is 3.26. The lowest BCUT2D eigenvalue weighted by atomic mass is 9.86. The van der Waals surface area contributed by atoms with Crippen molar-refractivity contribution in [3.05, 3.63) is 224 Å². The van der Waals surface area contributed by atoms with Gasteiger partial charge in [0.25, 0.3) is 0 Å². The SMILES string of the molecule is C=C(C)c1ccc(-c2ccccc2-c2cc(-c3ccccc3-c3ccc(C(=C)/C=C(C)\C=C/C)cc3)cc(-c3ccccc3-c3ccc(C(=C)CC)cc3)c2)cc1. The molecule has 0 heterocycles. The molecule has 0 aliphatic heterocycles. The fourth-order valence-electron chi connectivity index (χ4n) is 7.61. The summed E-state index contributed by atoms with van der Waals surface area (Å²) in [6.45, 7) is 21.1. The van der Waals surface area contributed by atoms with Gasteiger partial charge in [-0.3, -0.25) is 0 Å². The lowest BCUT2D eigenvalue weighted by Crippen LogP contribution is -1.92. The highest BCUT2D eigenvalue weighted by molar-refractivity contribution is 5.94. The molecule has 0 atom stereocenters. The van der Waals surface area contributed by atoms with Crippen LogP contribution >= 0.6 is 0 Å². The molecule has 7 aromatic carbocycles. The van der Waals surface area contributed by atoms with Crippen molar-refractivity contribution in [3.8, 4) is 66.8 Å². The van der Waals surface area contributed by atoms with Gasteiger partial charge >= 0.3 is 0 Å². The van der Waals surface area contributed by atoms with Crippen molar-refractivity contribution in [2.75, 3.05) is 0 Å².